The number of hydrogen-bond donors (Lipinski definition) is 1. The maximum absolute atomic E-state index is 14.7. The molecule has 1 N–H and O–H groups in total. The summed E-state index contributed by atoms with van der Waals surface area (Å²) in [5.74, 6) is -1.34. The fourth-order valence-electron chi connectivity index (χ4n) is 7.47. The molecule has 7 atom stereocenters. The Hall–Kier alpha value is -1.70. The van der Waals surface area contributed by atoms with E-state index in [0.29, 0.717) is 5.57 Å². The van der Waals surface area contributed by atoms with Crippen LogP contribution in [0.5, 0.6) is 0 Å². The van der Waals surface area contributed by atoms with Gasteiger partial charge in [0.15, 0.2) is 23.3 Å². The highest BCUT2D eigenvalue weighted by Crippen LogP contribution is 2.63. The number of rotatable bonds is 2. The first-order valence-electron chi connectivity index (χ1n) is 13.6. The van der Waals surface area contributed by atoms with Crippen molar-refractivity contribution in [2.24, 2.45) is 28.6 Å². The van der Waals surface area contributed by atoms with Gasteiger partial charge in [0.2, 0.25) is 0 Å². The van der Waals surface area contributed by atoms with Crippen LogP contribution in [0, 0.1) is 28.6 Å². The highest BCUT2D eigenvalue weighted by Gasteiger charge is 2.74. The largest absolute Gasteiger partial charge is 0.438 e. The van der Waals surface area contributed by atoms with Crippen molar-refractivity contribution in [3.05, 3.63) is 23.3 Å². The third-order valence-corrected chi connectivity index (χ3v) is 10.4. The number of carbonyl (C=O) groups is 2. The lowest BCUT2D eigenvalue weighted by Crippen LogP contribution is -2.68. The molecule has 200 valence electrons. The van der Waals surface area contributed by atoms with E-state index in [1.165, 1.54) is 0 Å². The van der Waals surface area contributed by atoms with Gasteiger partial charge in [-0.05, 0) is 74.9 Å². The summed E-state index contributed by atoms with van der Waals surface area (Å²) in [7, 11) is 1.76. The number of carbonyl (C=O) groups excluding carboxylic acids is 2. The molecule has 2 bridgehead atoms. The van der Waals surface area contributed by atoms with E-state index in [0.717, 1.165) is 31.3 Å². The maximum Gasteiger partial charge on any atom is 0.410 e. The number of ketones is 1. The molecule has 7 heteroatoms. The average molecular weight is 502 g/mol. The van der Waals surface area contributed by atoms with Gasteiger partial charge < -0.3 is 24.2 Å². The second kappa shape index (κ2) is 8.15. The number of ether oxygens (including phenoxy) is 3. The molecule has 1 spiro atoms. The van der Waals surface area contributed by atoms with E-state index in [2.05, 4.69) is 27.7 Å². The van der Waals surface area contributed by atoms with E-state index < -0.39 is 41.0 Å². The Labute approximate surface area is 215 Å². The maximum atomic E-state index is 14.7. The van der Waals surface area contributed by atoms with Crippen LogP contribution in [0.3, 0.4) is 0 Å². The Morgan fingerprint density at radius 1 is 1.17 bits per heavy atom. The quantitative estimate of drug-likeness (QED) is 0.555. The Morgan fingerprint density at radius 3 is 2.44 bits per heavy atom. The standard InChI is InChI=1S/C29H43NO6/c1-16-14-28-18(3)12-17(2)26(4,5)21(22(28)31)13-19-15-34-27(6,7)36-24(19)29(28,33)23(16)35-25(32)30(8)20-10-9-11-20/h13-14,17-18,20-21,23-24,33H,9-12,15H2,1-8H3/t17-,18+,21+,23-,24+,28-,29+/m0/s1. The van der Waals surface area contributed by atoms with Crippen LogP contribution >= 0.6 is 0 Å². The van der Waals surface area contributed by atoms with E-state index in [-0.39, 0.29) is 35.7 Å². The van der Waals surface area contributed by atoms with Crippen LogP contribution in [0.15, 0.2) is 23.3 Å². The molecule has 1 amide bonds. The summed E-state index contributed by atoms with van der Waals surface area (Å²) >= 11 is 0. The van der Waals surface area contributed by atoms with Crippen molar-refractivity contribution in [1.29, 1.82) is 0 Å². The topological polar surface area (TPSA) is 85.3 Å². The summed E-state index contributed by atoms with van der Waals surface area (Å²) in [5, 5.41) is 13.0. The third kappa shape index (κ3) is 3.34. The van der Waals surface area contributed by atoms with Gasteiger partial charge in [0.05, 0.1) is 12.0 Å². The van der Waals surface area contributed by atoms with Gasteiger partial charge in [-0.25, -0.2) is 4.79 Å². The molecule has 0 radical (unpaired) electrons. The number of amides is 1. The smallest absolute Gasteiger partial charge is 0.410 e. The summed E-state index contributed by atoms with van der Waals surface area (Å²) in [6.07, 6.45) is 5.36. The molecule has 0 unspecified atom stereocenters. The Bertz CT molecular complexity index is 1020. The highest BCUT2D eigenvalue weighted by atomic mass is 16.7. The fourth-order valence-corrected chi connectivity index (χ4v) is 7.47. The Kier molecular flexibility index (Phi) is 5.87. The lowest BCUT2D eigenvalue weighted by atomic mass is 9.59. The van der Waals surface area contributed by atoms with Crippen LogP contribution in [0.2, 0.25) is 0 Å². The van der Waals surface area contributed by atoms with Crippen molar-refractivity contribution < 1.29 is 28.9 Å². The summed E-state index contributed by atoms with van der Waals surface area (Å²) in [4.78, 5) is 29.7. The predicted octanol–water partition coefficient (Wildman–Crippen LogP) is 4.63. The highest BCUT2D eigenvalue weighted by molar-refractivity contribution is 5.95. The number of Topliss-reactive ketones (excluding diaryl/α,β-unsaturated/α-hetero) is 1. The molecule has 5 rings (SSSR count). The summed E-state index contributed by atoms with van der Waals surface area (Å²) in [6.45, 7) is 14.3. The van der Waals surface area contributed by atoms with Gasteiger partial charge in [-0.2, -0.15) is 0 Å². The van der Waals surface area contributed by atoms with E-state index in [9.17, 15) is 14.7 Å². The van der Waals surface area contributed by atoms with Crippen LogP contribution in [-0.4, -0.2) is 65.2 Å². The molecular weight excluding hydrogens is 458 g/mol. The lowest BCUT2D eigenvalue weighted by Gasteiger charge is -2.52. The third-order valence-electron chi connectivity index (χ3n) is 10.4. The van der Waals surface area contributed by atoms with Crippen LogP contribution in [0.1, 0.15) is 74.1 Å². The van der Waals surface area contributed by atoms with Crippen molar-refractivity contribution in [2.75, 3.05) is 13.7 Å². The second-order valence-electron chi connectivity index (χ2n) is 13.2. The number of hydrogen-bond acceptors (Lipinski definition) is 6. The van der Waals surface area contributed by atoms with E-state index in [1.54, 1.807) is 11.9 Å². The number of allylic oxidation sites excluding steroid dienone is 1. The molecule has 0 aromatic rings. The minimum Gasteiger partial charge on any atom is -0.438 e. The van der Waals surface area contributed by atoms with Crippen molar-refractivity contribution >= 4 is 11.9 Å². The predicted molar refractivity (Wildman–Crippen MR) is 135 cm³/mol. The van der Waals surface area contributed by atoms with Crippen molar-refractivity contribution in [1.82, 2.24) is 4.90 Å². The Balaban J connectivity index is 1.68. The molecule has 2 saturated carbocycles. The number of nitrogens with zero attached hydrogens (tertiary/aromatic N) is 1. The number of fused-ring (bicyclic) bond motifs is 3. The van der Waals surface area contributed by atoms with Gasteiger partial charge in [-0.15, -0.1) is 0 Å². The van der Waals surface area contributed by atoms with E-state index >= 15 is 0 Å². The van der Waals surface area contributed by atoms with Gasteiger partial charge in [0, 0.05) is 19.0 Å². The van der Waals surface area contributed by atoms with Crippen molar-refractivity contribution in [3.8, 4) is 0 Å². The minimum atomic E-state index is -1.79. The first-order valence-corrected chi connectivity index (χ1v) is 13.6. The molecule has 0 aromatic heterocycles. The van der Waals surface area contributed by atoms with Gasteiger partial charge in [0.25, 0.3) is 0 Å². The Morgan fingerprint density at radius 2 is 1.83 bits per heavy atom. The zero-order valence-electron chi connectivity index (χ0n) is 23.1. The molecule has 4 aliphatic carbocycles. The SMILES string of the molecule is CC1=C[C@]23C(=O)[C@@H](C=C4COC(C)(C)O[C@H]4[C@]2(O)[C@H]1OC(=O)N(C)C1CCC1)C(C)(C)[C@@H](C)C[C@H]3C. The first kappa shape index (κ1) is 25.9. The molecule has 1 aliphatic heterocycles. The van der Waals surface area contributed by atoms with Gasteiger partial charge in [-0.1, -0.05) is 39.8 Å². The molecule has 1 saturated heterocycles. The zero-order valence-corrected chi connectivity index (χ0v) is 23.1. The fraction of sp³-hybridized carbons (Fsp3) is 0.793. The normalized spacial score (nSPS) is 43.1. The molecule has 0 aromatic carbocycles. The van der Waals surface area contributed by atoms with Crippen molar-refractivity contribution in [2.45, 2.75) is 104 Å². The van der Waals surface area contributed by atoms with E-state index in [1.807, 2.05) is 32.9 Å². The molecule has 5 aliphatic rings. The molecule has 7 nitrogen and oxygen atoms in total. The summed E-state index contributed by atoms with van der Waals surface area (Å²) < 4.78 is 18.6. The summed E-state index contributed by atoms with van der Waals surface area (Å²) in [6, 6.07) is 0.152. The number of aliphatic hydroxyl groups is 1. The van der Waals surface area contributed by atoms with Crippen LogP contribution < -0.4 is 0 Å². The zero-order chi connectivity index (χ0) is 26.4. The molecular formula is C29H43NO6. The van der Waals surface area contributed by atoms with E-state index in [4.69, 9.17) is 14.2 Å². The molecule has 36 heavy (non-hydrogen) atoms. The van der Waals surface area contributed by atoms with Crippen LogP contribution in [-0.2, 0) is 19.0 Å². The van der Waals surface area contributed by atoms with Gasteiger partial charge in [-0.3, -0.25) is 4.79 Å². The molecule has 1 heterocycles. The monoisotopic (exact) mass is 501 g/mol. The van der Waals surface area contributed by atoms with Crippen molar-refractivity contribution in [3.63, 3.8) is 0 Å². The summed E-state index contributed by atoms with van der Waals surface area (Å²) in [5.41, 5.74) is -1.91. The average Bonchev–Trinajstić information content (AvgIpc) is 2.91. The van der Waals surface area contributed by atoms with Crippen LogP contribution in [0.4, 0.5) is 4.79 Å². The molecule has 3 fully saturated rings. The van der Waals surface area contributed by atoms with Gasteiger partial charge in [0.1, 0.15) is 6.10 Å². The second-order valence-corrected chi connectivity index (χ2v) is 13.2. The van der Waals surface area contributed by atoms with Gasteiger partial charge >= 0.3 is 6.09 Å². The lowest BCUT2D eigenvalue weighted by molar-refractivity contribution is -0.303. The van der Waals surface area contributed by atoms with Crippen LogP contribution in [0.25, 0.3) is 0 Å². The minimum absolute atomic E-state index is 0.0135. The first-order chi connectivity index (χ1) is 16.7.